The summed E-state index contributed by atoms with van der Waals surface area (Å²) in [7, 11) is 0. The van der Waals surface area contributed by atoms with E-state index in [0.29, 0.717) is 11.3 Å². The number of aliphatic hydroxyl groups is 1. The maximum absolute atomic E-state index is 11.4. The number of nitrogens with one attached hydrogen (secondary N) is 2. The normalized spacial score (nSPS) is 11.5. The summed E-state index contributed by atoms with van der Waals surface area (Å²) in [4.78, 5) is 33.6. The van der Waals surface area contributed by atoms with Gasteiger partial charge in [0.15, 0.2) is 0 Å². The van der Waals surface area contributed by atoms with Crippen molar-refractivity contribution < 1.29 is 19.5 Å². The predicted molar refractivity (Wildman–Crippen MR) is 68.3 cm³/mol. The summed E-state index contributed by atoms with van der Waals surface area (Å²) < 4.78 is 0. The Bertz CT molecular complexity index is 482. The minimum atomic E-state index is -0.854. The Kier molecular flexibility index (Phi) is 5.01. The Balaban J connectivity index is 2.56. The molecule has 19 heavy (non-hydrogen) atoms. The molecule has 7 nitrogen and oxygen atoms in total. The summed E-state index contributed by atoms with van der Waals surface area (Å²) >= 11 is 0. The van der Waals surface area contributed by atoms with E-state index in [4.69, 9.17) is 10.8 Å². The highest BCUT2D eigenvalue weighted by Gasteiger charge is 2.13. The second-order valence-corrected chi connectivity index (χ2v) is 3.95. The number of primary amides is 1. The van der Waals surface area contributed by atoms with Gasteiger partial charge < -0.3 is 21.5 Å². The van der Waals surface area contributed by atoms with E-state index in [-0.39, 0.29) is 6.54 Å². The molecule has 1 unspecified atom stereocenters. The quantitative estimate of drug-likeness (QED) is 0.533. The first kappa shape index (κ1) is 14.7. The molecule has 1 aromatic carbocycles. The zero-order valence-corrected chi connectivity index (χ0v) is 10.3. The topological polar surface area (TPSA) is 122 Å². The Morgan fingerprint density at radius 1 is 1.21 bits per heavy atom. The van der Waals surface area contributed by atoms with E-state index in [9.17, 15) is 14.4 Å². The van der Waals surface area contributed by atoms with Crippen LogP contribution in [0.5, 0.6) is 0 Å². The van der Waals surface area contributed by atoms with Gasteiger partial charge >= 0.3 is 11.8 Å². The SMILES string of the molecule is CC(O)CNC(=O)C(=O)Nc1ccc(C(N)=O)cc1. The van der Waals surface area contributed by atoms with E-state index in [1.54, 1.807) is 0 Å². The molecule has 0 saturated carbocycles. The van der Waals surface area contributed by atoms with Crippen LogP contribution in [-0.2, 0) is 9.59 Å². The summed E-state index contributed by atoms with van der Waals surface area (Å²) in [5.41, 5.74) is 5.73. The summed E-state index contributed by atoms with van der Waals surface area (Å²) in [6.07, 6.45) is -0.730. The van der Waals surface area contributed by atoms with Crippen LogP contribution in [0.1, 0.15) is 17.3 Å². The molecule has 5 N–H and O–H groups in total. The number of carbonyl (C=O) groups is 3. The van der Waals surface area contributed by atoms with Gasteiger partial charge in [0.05, 0.1) is 6.10 Å². The highest BCUT2D eigenvalue weighted by molar-refractivity contribution is 6.39. The first-order chi connectivity index (χ1) is 8.90. The minimum Gasteiger partial charge on any atom is -0.392 e. The fourth-order valence-corrected chi connectivity index (χ4v) is 1.23. The van der Waals surface area contributed by atoms with Gasteiger partial charge in [-0.05, 0) is 31.2 Å². The highest BCUT2D eigenvalue weighted by atomic mass is 16.3. The van der Waals surface area contributed by atoms with Crippen LogP contribution in [-0.4, -0.2) is 35.5 Å². The van der Waals surface area contributed by atoms with E-state index in [0.717, 1.165) is 0 Å². The Morgan fingerprint density at radius 3 is 2.26 bits per heavy atom. The monoisotopic (exact) mass is 265 g/mol. The molecule has 1 aromatic rings. The lowest BCUT2D eigenvalue weighted by Crippen LogP contribution is -2.38. The molecular formula is C12H15N3O4. The van der Waals surface area contributed by atoms with Gasteiger partial charge in [0.25, 0.3) is 0 Å². The number of aliphatic hydroxyl groups excluding tert-OH is 1. The highest BCUT2D eigenvalue weighted by Crippen LogP contribution is 2.08. The van der Waals surface area contributed by atoms with Crippen LogP contribution < -0.4 is 16.4 Å². The zero-order chi connectivity index (χ0) is 14.4. The number of hydrogen-bond acceptors (Lipinski definition) is 4. The second-order valence-electron chi connectivity index (χ2n) is 3.95. The van der Waals surface area contributed by atoms with E-state index in [1.807, 2.05) is 0 Å². The van der Waals surface area contributed by atoms with Crippen LogP contribution in [0.15, 0.2) is 24.3 Å². The van der Waals surface area contributed by atoms with Gasteiger partial charge in [-0.2, -0.15) is 0 Å². The first-order valence-electron chi connectivity index (χ1n) is 5.57. The second kappa shape index (κ2) is 6.50. The molecule has 102 valence electrons. The molecule has 3 amide bonds. The summed E-state index contributed by atoms with van der Waals surface area (Å²) in [6.45, 7) is 1.48. The number of anilines is 1. The minimum absolute atomic E-state index is 0.00708. The van der Waals surface area contributed by atoms with Crippen LogP contribution in [0, 0.1) is 0 Å². The third-order valence-corrected chi connectivity index (χ3v) is 2.19. The number of nitrogens with two attached hydrogens (primary N) is 1. The molecule has 0 aliphatic heterocycles. The molecule has 0 aromatic heterocycles. The van der Waals surface area contributed by atoms with Gasteiger partial charge in [-0.15, -0.1) is 0 Å². The summed E-state index contributed by atoms with van der Waals surface area (Å²) in [5, 5.41) is 13.6. The van der Waals surface area contributed by atoms with Crippen LogP contribution in [0.2, 0.25) is 0 Å². The maximum Gasteiger partial charge on any atom is 0.313 e. The van der Waals surface area contributed by atoms with Crippen LogP contribution in [0.3, 0.4) is 0 Å². The number of benzene rings is 1. The smallest absolute Gasteiger partial charge is 0.313 e. The lowest BCUT2D eigenvalue weighted by Gasteiger charge is -2.08. The summed E-state index contributed by atoms with van der Waals surface area (Å²) in [6, 6.07) is 5.79. The number of rotatable bonds is 4. The van der Waals surface area contributed by atoms with E-state index in [2.05, 4.69) is 10.6 Å². The fourth-order valence-electron chi connectivity index (χ4n) is 1.23. The molecule has 1 rings (SSSR count). The first-order valence-corrected chi connectivity index (χ1v) is 5.57. The number of carbonyl (C=O) groups excluding carboxylic acids is 3. The van der Waals surface area contributed by atoms with Crippen molar-refractivity contribution in [1.82, 2.24) is 5.32 Å². The molecule has 7 heteroatoms. The van der Waals surface area contributed by atoms with Crippen molar-refractivity contribution in [2.24, 2.45) is 5.73 Å². The van der Waals surface area contributed by atoms with Gasteiger partial charge in [-0.25, -0.2) is 0 Å². The van der Waals surface area contributed by atoms with Crippen LogP contribution in [0.4, 0.5) is 5.69 Å². The van der Waals surface area contributed by atoms with Gasteiger partial charge in [-0.1, -0.05) is 0 Å². The Labute approximate surface area is 109 Å². The molecule has 0 bridgehead atoms. The molecule has 0 radical (unpaired) electrons. The molecule has 0 aliphatic carbocycles. The molecule has 0 fully saturated rings. The fraction of sp³-hybridized carbons (Fsp3) is 0.250. The lowest BCUT2D eigenvalue weighted by atomic mass is 10.2. The van der Waals surface area contributed by atoms with Crippen molar-refractivity contribution in [2.75, 3.05) is 11.9 Å². The molecular weight excluding hydrogens is 250 g/mol. The summed E-state index contributed by atoms with van der Waals surface area (Å²) in [5.74, 6) is -2.28. The average Bonchev–Trinajstić information content (AvgIpc) is 2.36. The van der Waals surface area contributed by atoms with Crippen molar-refractivity contribution >= 4 is 23.4 Å². The standard InChI is InChI=1S/C12H15N3O4/c1-7(16)6-14-11(18)12(19)15-9-4-2-8(3-5-9)10(13)17/h2-5,7,16H,6H2,1H3,(H2,13,17)(H,14,18)(H,15,19). The molecule has 0 spiro atoms. The number of amides is 3. The Morgan fingerprint density at radius 2 is 1.79 bits per heavy atom. The van der Waals surface area contributed by atoms with Gasteiger partial charge in [0.1, 0.15) is 0 Å². The van der Waals surface area contributed by atoms with Crippen LogP contribution >= 0.6 is 0 Å². The third kappa shape index (κ3) is 4.76. The van der Waals surface area contributed by atoms with Crippen molar-refractivity contribution in [2.45, 2.75) is 13.0 Å². The van der Waals surface area contributed by atoms with Gasteiger partial charge in [-0.3, -0.25) is 14.4 Å². The van der Waals surface area contributed by atoms with Crippen LogP contribution in [0.25, 0.3) is 0 Å². The average molecular weight is 265 g/mol. The van der Waals surface area contributed by atoms with E-state index >= 15 is 0 Å². The molecule has 0 heterocycles. The van der Waals surface area contributed by atoms with Crippen molar-refractivity contribution in [1.29, 1.82) is 0 Å². The van der Waals surface area contributed by atoms with E-state index < -0.39 is 23.8 Å². The van der Waals surface area contributed by atoms with Gasteiger partial charge in [0, 0.05) is 17.8 Å². The third-order valence-electron chi connectivity index (χ3n) is 2.19. The lowest BCUT2D eigenvalue weighted by molar-refractivity contribution is -0.136. The van der Waals surface area contributed by atoms with Crippen molar-refractivity contribution in [3.8, 4) is 0 Å². The van der Waals surface area contributed by atoms with Crippen molar-refractivity contribution in [3.05, 3.63) is 29.8 Å². The molecule has 1 atom stereocenters. The van der Waals surface area contributed by atoms with Gasteiger partial charge in [0.2, 0.25) is 5.91 Å². The largest absolute Gasteiger partial charge is 0.392 e. The number of hydrogen-bond donors (Lipinski definition) is 4. The maximum atomic E-state index is 11.4. The predicted octanol–water partition coefficient (Wildman–Crippen LogP) is -0.779. The Hall–Kier alpha value is -2.41. The van der Waals surface area contributed by atoms with E-state index in [1.165, 1.54) is 31.2 Å². The molecule has 0 aliphatic rings. The van der Waals surface area contributed by atoms with Crippen molar-refractivity contribution in [3.63, 3.8) is 0 Å². The zero-order valence-electron chi connectivity index (χ0n) is 10.3. The molecule has 0 saturated heterocycles.